The van der Waals surface area contributed by atoms with Crippen molar-refractivity contribution in [3.8, 4) is 0 Å². The molecule has 0 fully saturated rings. The summed E-state index contributed by atoms with van der Waals surface area (Å²) in [7, 11) is 3.97. The number of benzene rings is 1. The zero-order chi connectivity index (χ0) is 13.4. The highest BCUT2D eigenvalue weighted by molar-refractivity contribution is 5.80. The summed E-state index contributed by atoms with van der Waals surface area (Å²) in [4.78, 5) is 13.6. The number of aryl methyl sites for hydroxylation is 1. The third-order valence-electron chi connectivity index (χ3n) is 2.70. The molecule has 0 aliphatic rings. The fourth-order valence-corrected chi connectivity index (χ4v) is 1.52. The predicted molar refractivity (Wildman–Crippen MR) is 75.9 cm³/mol. The maximum absolute atomic E-state index is 11.5. The molecule has 0 aliphatic carbocycles. The summed E-state index contributed by atoms with van der Waals surface area (Å²) in [6, 6.07) is 8.16. The van der Waals surface area contributed by atoms with Crippen molar-refractivity contribution in [1.29, 1.82) is 0 Å². The molecule has 0 saturated heterocycles. The number of rotatable bonds is 7. The van der Waals surface area contributed by atoms with Gasteiger partial charge < -0.3 is 15.5 Å². The average molecular weight is 249 g/mol. The lowest BCUT2D eigenvalue weighted by molar-refractivity contribution is -0.119. The van der Waals surface area contributed by atoms with Crippen molar-refractivity contribution in [2.75, 3.05) is 39.0 Å². The number of anilines is 1. The van der Waals surface area contributed by atoms with Crippen LogP contribution in [0.3, 0.4) is 0 Å². The Morgan fingerprint density at radius 3 is 2.44 bits per heavy atom. The molecular weight excluding hydrogens is 226 g/mol. The molecule has 0 spiro atoms. The zero-order valence-electron chi connectivity index (χ0n) is 11.5. The van der Waals surface area contributed by atoms with Gasteiger partial charge in [-0.1, -0.05) is 19.1 Å². The summed E-state index contributed by atoms with van der Waals surface area (Å²) in [6.45, 7) is 3.98. The van der Waals surface area contributed by atoms with E-state index in [-0.39, 0.29) is 5.91 Å². The van der Waals surface area contributed by atoms with Gasteiger partial charge in [0.1, 0.15) is 0 Å². The third-order valence-corrected chi connectivity index (χ3v) is 2.70. The molecular formula is C14H23N3O. The van der Waals surface area contributed by atoms with Crippen molar-refractivity contribution >= 4 is 11.6 Å². The van der Waals surface area contributed by atoms with Gasteiger partial charge in [-0.05, 0) is 38.2 Å². The van der Waals surface area contributed by atoms with E-state index in [9.17, 15) is 4.79 Å². The largest absolute Gasteiger partial charge is 0.376 e. The Labute approximate surface area is 109 Å². The van der Waals surface area contributed by atoms with Crippen LogP contribution in [0.4, 0.5) is 5.69 Å². The molecule has 0 atom stereocenters. The van der Waals surface area contributed by atoms with E-state index in [1.165, 1.54) is 5.56 Å². The van der Waals surface area contributed by atoms with Gasteiger partial charge in [0.2, 0.25) is 5.91 Å². The topological polar surface area (TPSA) is 44.4 Å². The van der Waals surface area contributed by atoms with Crippen LogP contribution in [0.15, 0.2) is 24.3 Å². The van der Waals surface area contributed by atoms with Gasteiger partial charge in [-0.15, -0.1) is 0 Å². The van der Waals surface area contributed by atoms with Crippen molar-refractivity contribution in [2.45, 2.75) is 13.3 Å². The van der Waals surface area contributed by atoms with E-state index in [1.54, 1.807) is 0 Å². The summed E-state index contributed by atoms with van der Waals surface area (Å²) < 4.78 is 0. The Hall–Kier alpha value is -1.55. The maximum Gasteiger partial charge on any atom is 0.239 e. The Bertz CT molecular complexity index is 360. The molecule has 18 heavy (non-hydrogen) atoms. The molecule has 1 aromatic carbocycles. The van der Waals surface area contributed by atoms with Crippen molar-refractivity contribution in [2.24, 2.45) is 0 Å². The van der Waals surface area contributed by atoms with E-state index < -0.39 is 0 Å². The number of nitrogens with one attached hydrogen (secondary N) is 2. The highest BCUT2D eigenvalue weighted by Gasteiger charge is 2.00. The molecule has 0 aliphatic heterocycles. The van der Waals surface area contributed by atoms with Gasteiger partial charge in [-0.25, -0.2) is 0 Å². The van der Waals surface area contributed by atoms with Gasteiger partial charge in [0.05, 0.1) is 6.54 Å². The monoisotopic (exact) mass is 249 g/mol. The van der Waals surface area contributed by atoms with E-state index >= 15 is 0 Å². The minimum Gasteiger partial charge on any atom is -0.376 e. The standard InChI is InChI=1S/C14H23N3O/c1-4-12-5-7-13(8-6-12)16-11-14(18)15-9-10-17(2)3/h5-8,16H,4,9-11H2,1-3H3,(H,15,18). The van der Waals surface area contributed by atoms with Crippen LogP contribution in [0.5, 0.6) is 0 Å². The SMILES string of the molecule is CCc1ccc(NCC(=O)NCCN(C)C)cc1. The smallest absolute Gasteiger partial charge is 0.239 e. The second kappa shape index (κ2) is 7.71. The summed E-state index contributed by atoms with van der Waals surface area (Å²) in [5, 5.41) is 5.97. The summed E-state index contributed by atoms with van der Waals surface area (Å²) >= 11 is 0. The second-order valence-electron chi connectivity index (χ2n) is 4.56. The fourth-order valence-electron chi connectivity index (χ4n) is 1.52. The summed E-state index contributed by atoms with van der Waals surface area (Å²) in [5.41, 5.74) is 2.28. The normalized spacial score (nSPS) is 10.4. The molecule has 4 nitrogen and oxygen atoms in total. The molecule has 0 heterocycles. The molecule has 1 rings (SSSR count). The summed E-state index contributed by atoms with van der Waals surface area (Å²) in [5.74, 6) is 0.0245. The number of carbonyl (C=O) groups is 1. The van der Waals surface area contributed by atoms with Crippen molar-refractivity contribution in [3.63, 3.8) is 0 Å². The Morgan fingerprint density at radius 2 is 1.89 bits per heavy atom. The number of nitrogens with zero attached hydrogens (tertiary/aromatic N) is 1. The molecule has 100 valence electrons. The average Bonchev–Trinajstić information content (AvgIpc) is 2.36. The van der Waals surface area contributed by atoms with Crippen LogP contribution >= 0.6 is 0 Å². The molecule has 0 saturated carbocycles. The van der Waals surface area contributed by atoms with E-state index in [4.69, 9.17) is 0 Å². The first kappa shape index (κ1) is 14.5. The number of amides is 1. The van der Waals surface area contributed by atoms with Crippen molar-refractivity contribution in [3.05, 3.63) is 29.8 Å². The first-order valence-electron chi connectivity index (χ1n) is 6.36. The van der Waals surface area contributed by atoms with E-state index in [1.807, 2.05) is 31.1 Å². The van der Waals surface area contributed by atoms with Crippen molar-refractivity contribution < 1.29 is 4.79 Å². The van der Waals surface area contributed by atoms with Crippen LogP contribution in [0, 0.1) is 0 Å². The number of likely N-dealkylation sites (N-methyl/N-ethyl adjacent to an activating group) is 1. The van der Waals surface area contributed by atoms with Crippen LogP contribution in [0.1, 0.15) is 12.5 Å². The lowest BCUT2D eigenvalue weighted by atomic mass is 10.1. The van der Waals surface area contributed by atoms with Crippen molar-refractivity contribution in [1.82, 2.24) is 10.2 Å². The number of hydrogen-bond donors (Lipinski definition) is 2. The molecule has 0 radical (unpaired) electrons. The molecule has 4 heteroatoms. The maximum atomic E-state index is 11.5. The molecule has 2 N–H and O–H groups in total. The first-order valence-corrected chi connectivity index (χ1v) is 6.36. The first-order chi connectivity index (χ1) is 8.61. The van der Waals surface area contributed by atoms with Crippen LogP contribution in [-0.2, 0) is 11.2 Å². The van der Waals surface area contributed by atoms with Crippen LogP contribution in [0.2, 0.25) is 0 Å². The molecule has 1 aromatic rings. The Kier molecular flexibility index (Phi) is 6.22. The van der Waals surface area contributed by atoms with E-state index in [2.05, 4.69) is 29.7 Å². The lowest BCUT2D eigenvalue weighted by Crippen LogP contribution is -2.34. The molecule has 1 amide bonds. The van der Waals surface area contributed by atoms with Crippen LogP contribution < -0.4 is 10.6 Å². The second-order valence-corrected chi connectivity index (χ2v) is 4.56. The number of carbonyl (C=O) groups excluding carboxylic acids is 1. The van der Waals surface area contributed by atoms with Gasteiger partial charge in [-0.3, -0.25) is 4.79 Å². The van der Waals surface area contributed by atoms with Crippen LogP contribution in [-0.4, -0.2) is 44.5 Å². The fraction of sp³-hybridized carbons (Fsp3) is 0.500. The van der Waals surface area contributed by atoms with Gasteiger partial charge >= 0.3 is 0 Å². The third kappa shape index (κ3) is 5.68. The zero-order valence-corrected chi connectivity index (χ0v) is 11.5. The van der Waals surface area contributed by atoms with Gasteiger partial charge in [0.15, 0.2) is 0 Å². The van der Waals surface area contributed by atoms with Crippen LogP contribution in [0.25, 0.3) is 0 Å². The van der Waals surface area contributed by atoms with Gasteiger partial charge in [-0.2, -0.15) is 0 Å². The highest BCUT2D eigenvalue weighted by Crippen LogP contribution is 2.09. The quantitative estimate of drug-likeness (QED) is 0.766. The minimum atomic E-state index is 0.0245. The molecule has 0 aromatic heterocycles. The molecule has 0 unspecified atom stereocenters. The van der Waals surface area contributed by atoms with Gasteiger partial charge in [0, 0.05) is 18.8 Å². The Balaban J connectivity index is 2.24. The minimum absolute atomic E-state index is 0.0245. The predicted octanol–water partition coefficient (Wildman–Crippen LogP) is 1.34. The van der Waals surface area contributed by atoms with Gasteiger partial charge in [0.25, 0.3) is 0 Å². The summed E-state index contributed by atoms with van der Waals surface area (Å²) in [6.07, 6.45) is 1.03. The highest BCUT2D eigenvalue weighted by atomic mass is 16.1. The number of hydrogen-bond acceptors (Lipinski definition) is 3. The molecule has 0 bridgehead atoms. The van der Waals surface area contributed by atoms with E-state index in [0.717, 1.165) is 18.7 Å². The Morgan fingerprint density at radius 1 is 1.22 bits per heavy atom. The van der Waals surface area contributed by atoms with E-state index in [0.29, 0.717) is 13.1 Å². The lowest BCUT2D eigenvalue weighted by Gasteiger charge is -2.11.